The van der Waals surface area contributed by atoms with Crippen LogP contribution in [0.4, 0.5) is 10.1 Å². The molecule has 0 bridgehead atoms. The Bertz CT molecular complexity index is 299. The SMILES string of the molecule is COCC(C)CNc1c(F)cccc1Br. The summed E-state index contributed by atoms with van der Waals surface area (Å²) in [4.78, 5) is 0. The van der Waals surface area contributed by atoms with Crippen LogP contribution in [-0.4, -0.2) is 20.3 Å². The number of hydrogen-bond donors (Lipinski definition) is 1. The summed E-state index contributed by atoms with van der Waals surface area (Å²) >= 11 is 3.30. The average Bonchev–Trinajstić information content (AvgIpc) is 2.17. The molecular formula is C11H15BrFNO. The third-order valence-electron chi connectivity index (χ3n) is 2.04. The van der Waals surface area contributed by atoms with Gasteiger partial charge in [0, 0.05) is 18.1 Å². The molecule has 0 aliphatic heterocycles. The van der Waals surface area contributed by atoms with Crippen molar-refractivity contribution in [2.45, 2.75) is 6.92 Å². The number of benzene rings is 1. The van der Waals surface area contributed by atoms with Gasteiger partial charge in [-0.25, -0.2) is 4.39 Å². The van der Waals surface area contributed by atoms with Gasteiger partial charge in [0.25, 0.3) is 0 Å². The lowest BCUT2D eigenvalue weighted by Gasteiger charge is -2.14. The van der Waals surface area contributed by atoms with Crippen LogP contribution in [0.25, 0.3) is 0 Å². The Balaban J connectivity index is 2.57. The van der Waals surface area contributed by atoms with Crippen LogP contribution in [0.1, 0.15) is 6.92 Å². The number of halogens is 2. The van der Waals surface area contributed by atoms with Gasteiger partial charge in [-0.05, 0) is 34.0 Å². The fourth-order valence-electron chi connectivity index (χ4n) is 1.29. The number of hydrogen-bond acceptors (Lipinski definition) is 2. The van der Waals surface area contributed by atoms with E-state index in [1.807, 2.05) is 13.0 Å². The molecule has 15 heavy (non-hydrogen) atoms. The van der Waals surface area contributed by atoms with Crippen LogP contribution in [0.2, 0.25) is 0 Å². The molecule has 0 radical (unpaired) electrons. The van der Waals surface area contributed by atoms with Crippen LogP contribution in [0, 0.1) is 11.7 Å². The first kappa shape index (κ1) is 12.5. The van der Waals surface area contributed by atoms with E-state index in [-0.39, 0.29) is 5.82 Å². The molecule has 2 nitrogen and oxygen atoms in total. The van der Waals surface area contributed by atoms with Crippen molar-refractivity contribution in [2.75, 3.05) is 25.6 Å². The number of ether oxygens (including phenoxy) is 1. The first-order valence-electron chi connectivity index (χ1n) is 4.82. The number of para-hydroxylation sites is 1. The summed E-state index contributed by atoms with van der Waals surface area (Å²) in [6, 6.07) is 4.92. The smallest absolute Gasteiger partial charge is 0.147 e. The topological polar surface area (TPSA) is 21.3 Å². The van der Waals surface area contributed by atoms with Crippen LogP contribution in [-0.2, 0) is 4.74 Å². The molecule has 0 saturated heterocycles. The molecule has 4 heteroatoms. The number of rotatable bonds is 5. The molecule has 0 saturated carbocycles. The summed E-state index contributed by atoms with van der Waals surface area (Å²) in [6.07, 6.45) is 0. The fourth-order valence-corrected chi connectivity index (χ4v) is 1.77. The maximum absolute atomic E-state index is 13.4. The molecule has 0 fully saturated rings. The Labute approximate surface area is 98.0 Å². The molecule has 1 aromatic carbocycles. The molecule has 0 spiro atoms. The quantitative estimate of drug-likeness (QED) is 0.891. The normalized spacial score (nSPS) is 12.5. The molecule has 0 aliphatic carbocycles. The molecule has 0 heterocycles. The first-order chi connectivity index (χ1) is 7.15. The molecule has 1 rings (SSSR count). The minimum atomic E-state index is -0.242. The Morgan fingerprint density at radius 3 is 2.87 bits per heavy atom. The van der Waals surface area contributed by atoms with Crippen molar-refractivity contribution in [1.82, 2.24) is 0 Å². The van der Waals surface area contributed by atoms with E-state index in [2.05, 4.69) is 21.2 Å². The van der Waals surface area contributed by atoms with Gasteiger partial charge in [0.2, 0.25) is 0 Å². The van der Waals surface area contributed by atoms with E-state index >= 15 is 0 Å². The van der Waals surface area contributed by atoms with E-state index in [0.717, 1.165) is 4.47 Å². The molecule has 0 aromatic heterocycles. The average molecular weight is 276 g/mol. The third-order valence-corrected chi connectivity index (χ3v) is 2.70. The summed E-state index contributed by atoms with van der Waals surface area (Å²) in [5.41, 5.74) is 0.514. The zero-order valence-corrected chi connectivity index (χ0v) is 10.5. The second kappa shape index (κ2) is 6.08. The van der Waals surface area contributed by atoms with Gasteiger partial charge < -0.3 is 10.1 Å². The molecule has 0 amide bonds. The minimum Gasteiger partial charge on any atom is -0.384 e. The van der Waals surface area contributed by atoms with Crippen molar-refractivity contribution in [3.05, 3.63) is 28.5 Å². The summed E-state index contributed by atoms with van der Waals surface area (Å²) in [5, 5.41) is 3.06. The minimum absolute atomic E-state index is 0.242. The van der Waals surface area contributed by atoms with Gasteiger partial charge in [-0.2, -0.15) is 0 Å². The van der Waals surface area contributed by atoms with Crippen LogP contribution >= 0.6 is 15.9 Å². The highest BCUT2D eigenvalue weighted by Gasteiger charge is 2.07. The van der Waals surface area contributed by atoms with E-state index in [1.54, 1.807) is 13.2 Å². The standard InChI is InChI=1S/C11H15BrFNO/c1-8(7-15-2)6-14-11-9(12)4-3-5-10(11)13/h3-5,8,14H,6-7H2,1-2H3. The second-order valence-corrected chi connectivity index (χ2v) is 4.39. The largest absolute Gasteiger partial charge is 0.384 e. The molecular weight excluding hydrogens is 261 g/mol. The molecule has 1 atom stereocenters. The number of anilines is 1. The van der Waals surface area contributed by atoms with Crippen LogP contribution in [0.15, 0.2) is 22.7 Å². The van der Waals surface area contributed by atoms with Crippen LogP contribution in [0.3, 0.4) is 0 Å². The lowest BCUT2D eigenvalue weighted by atomic mass is 10.2. The van der Waals surface area contributed by atoms with E-state index in [4.69, 9.17) is 4.74 Å². The maximum Gasteiger partial charge on any atom is 0.147 e. The summed E-state index contributed by atoms with van der Waals surface area (Å²) in [6.45, 7) is 3.40. The predicted molar refractivity (Wildman–Crippen MR) is 63.6 cm³/mol. The van der Waals surface area contributed by atoms with Crippen LogP contribution in [0.5, 0.6) is 0 Å². The van der Waals surface area contributed by atoms with E-state index < -0.39 is 0 Å². The van der Waals surface area contributed by atoms with Gasteiger partial charge in [-0.3, -0.25) is 0 Å². The van der Waals surface area contributed by atoms with Gasteiger partial charge in [0.15, 0.2) is 0 Å². The third kappa shape index (κ3) is 3.80. The van der Waals surface area contributed by atoms with Crippen molar-refractivity contribution in [3.8, 4) is 0 Å². The fraction of sp³-hybridized carbons (Fsp3) is 0.455. The van der Waals surface area contributed by atoms with E-state index in [9.17, 15) is 4.39 Å². The Morgan fingerprint density at radius 2 is 2.27 bits per heavy atom. The Morgan fingerprint density at radius 1 is 1.53 bits per heavy atom. The zero-order valence-electron chi connectivity index (χ0n) is 8.89. The summed E-state index contributed by atoms with van der Waals surface area (Å²) < 4.78 is 19.1. The van der Waals surface area contributed by atoms with Crippen molar-refractivity contribution in [3.63, 3.8) is 0 Å². The monoisotopic (exact) mass is 275 g/mol. The van der Waals surface area contributed by atoms with Crippen molar-refractivity contribution >= 4 is 21.6 Å². The van der Waals surface area contributed by atoms with Gasteiger partial charge in [0.05, 0.1) is 12.3 Å². The lowest BCUT2D eigenvalue weighted by Crippen LogP contribution is -2.16. The molecule has 1 unspecified atom stereocenters. The first-order valence-corrected chi connectivity index (χ1v) is 5.61. The molecule has 1 N–H and O–H groups in total. The van der Waals surface area contributed by atoms with Gasteiger partial charge in [0.1, 0.15) is 5.82 Å². The highest BCUT2D eigenvalue weighted by Crippen LogP contribution is 2.25. The zero-order chi connectivity index (χ0) is 11.3. The van der Waals surface area contributed by atoms with Gasteiger partial charge >= 0.3 is 0 Å². The van der Waals surface area contributed by atoms with Crippen molar-refractivity contribution < 1.29 is 9.13 Å². The summed E-state index contributed by atoms with van der Waals surface area (Å²) in [7, 11) is 1.66. The predicted octanol–water partition coefficient (Wildman–Crippen LogP) is 3.28. The van der Waals surface area contributed by atoms with E-state index in [1.165, 1.54) is 6.07 Å². The highest BCUT2D eigenvalue weighted by atomic mass is 79.9. The molecule has 0 aliphatic rings. The number of methoxy groups -OCH3 is 1. The summed E-state index contributed by atoms with van der Waals surface area (Å²) in [5.74, 6) is 0.107. The molecule has 1 aromatic rings. The molecule has 84 valence electrons. The second-order valence-electron chi connectivity index (χ2n) is 3.54. The Kier molecular flexibility index (Phi) is 5.05. The maximum atomic E-state index is 13.4. The number of nitrogens with one attached hydrogen (secondary N) is 1. The van der Waals surface area contributed by atoms with Crippen LogP contribution < -0.4 is 5.32 Å². The van der Waals surface area contributed by atoms with Crippen molar-refractivity contribution in [1.29, 1.82) is 0 Å². The van der Waals surface area contributed by atoms with Crippen molar-refractivity contribution in [2.24, 2.45) is 5.92 Å². The highest BCUT2D eigenvalue weighted by molar-refractivity contribution is 9.10. The van der Waals surface area contributed by atoms with Gasteiger partial charge in [-0.15, -0.1) is 0 Å². The van der Waals surface area contributed by atoms with E-state index in [0.29, 0.717) is 24.8 Å². The van der Waals surface area contributed by atoms with Gasteiger partial charge in [-0.1, -0.05) is 13.0 Å². The lowest BCUT2D eigenvalue weighted by molar-refractivity contribution is 0.164. The Hall–Kier alpha value is -0.610.